The van der Waals surface area contributed by atoms with Gasteiger partial charge in [-0.3, -0.25) is 0 Å². The average molecular weight is 264 g/mol. The van der Waals surface area contributed by atoms with Crippen molar-refractivity contribution in [2.75, 3.05) is 0 Å². The summed E-state index contributed by atoms with van der Waals surface area (Å²) in [5, 5.41) is 9.35. The number of hydrogen-bond donors (Lipinski definition) is 1. The molecule has 0 saturated heterocycles. The van der Waals surface area contributed by atoms with Gasteiger partial charge in [-0.25, -0.2) is 4.79 Å². The molecule has 108 valence electrons. The zero-order valence-electron chi connectivity index (χ0n) is 12.8. The van der Waals surface area contributed by atoms with Crippen molar-refractivity contribution < 1.29 is 9.90 Å². The predicted octanol–water partition coefficient (Wildman–Crippen LogP) is 4.65. The van der Waals surface area contributed by atoms with Crippen LogP contribution in [-0.4, -0.2) is 11.1 Å². The highest BCUT2D eigenvalue weighted by atomic mass is 16.4. The van der Waals surface area contributed by atoms with E-state index in [0.29, 0.717) is 23.3 Å². The lowest BCUT2D eigenvalue weighted by Gasteiger charge is -2.51. The van der Waals surface area contributed by atoms with Gasteiger partial charge in [0.25, 0.3) is 0 Å². The Bertz CT molecular complexity index is 392. The van der Waals surface area contributed by atoms with Gasteiger partial charge in [0.2, 0.25) is 0 Å². The van der Waals surface area contributed by atoms with Crippen molar-refractivity contribution in [3.05, 3.63) is 11.1 Å². The van der Waals surface area contributed by atoms with E-state index in [9.17, 15) is 9.90 Å². The molecule has 0 spiro atoms. The lowest BCUT2D eigenvalue weighted by molar-refractivity contribution is -0.132. The van der Waals surface area contributed by atoms with E-state index >= 15 is 0 Å². The molecule has 0 bridgehead atoms. The van der Waals surface area contributed by atoms with Gasteiger partial charge in [-0.15, -0.1) is 0 Å². The summed E-state index contributed by atoms with van der Waals surface area (Å²) in [4.78, 5) is 11.4. The fourth-order valence-electron chi connectivity index (χ4n) is 4.34. The summed E-state index contributed by atoms with van der Waals surface area (Å²) in [6.07, 6.45) is 6.59. The van der Waals surface area contributed by atoms with Gasteiger partial charge in [-0.1, -0.05) is 33.3 Å². The molecule has 0 aromatic rings. The third-order valence-electron chi connectivity index (χ3n) is 6.09. The Hall–Kier alpha value is -0.790. The van der Waals surface area contributed by atoms with Crippen molar-refractivity contribution in [3.8, 4) is 0 Å². The Morgan fingerprint density at radius 3 is 2.58 bits per heavy atom. The zero-order chi connectivity index (χ0) is 14.2. The first-order chi connectivity index (χ1) is 8.87. The number of aliphatic carboxylic acids is 1. The van der Waals surface area contributed by atoms with Crippen LogP contribution in [0, 0.1) is 23.2 Å². The molecule has 2 aliphatic carbocycles. The topological polar surface area (TPSA) is 37.3 Å². The van der Waals surface area contributed by atoms with E-state index in [-0.39, 0.29) is 0 Å². The SMILES string of the molecule is CC/C(C(=O)O)=C1/CCC2CCC(C)C(C)(C)C2C1. The monoisotopic (exact) mass is 264 g/mol. The standard InChI is InChI=1S/C17H28O2/c1-5-14(16(18)19)13-9-8-12-7-6-11(2)17(3,4)15(12)10-13/h11-12,15H,5-10H2,1-4H3,(H,18,19)/b14-13+. The maximum atomic E-state index is 11.4. The van der Waals surface area contributed by atoms with Crippen LogP contribution in [0.15, 0.2) is 11.1 Å². The summed E-state index contributed by atoms with van der Waals surface area (Å²) in [6.45, 7) is 9.12. The normalized spacial score (nSPS) is 36.5. The van der Waals surface area contributed by atoms with Crippen LogP contribution in [0.25, 0.3) is 0 Å². The second-order valence-electron chi connectivity index (χ2n) is 7.15. The number of carboxylic acid groups (broad SMARTS) is 1. The fraction of sp³-hybridized carbons (Fsp3) is 0.824. The number of carbonyl (C=O) groups is 1. The van der Waals surface area contributed by atoms with Crippen LogP contribution in [0.5, 0.6) is 0 Å². The molecular formula is C17H28O2. The second-order valence-corrected chi connectivity index (χ2v) is 7.15. The third kappa shape index (κ3) is 2.59. The molecule has 3 atom stereocenters. The molecule has 2 fully saturated rings. The Morgan fingerprint density at radius 1 is 1.32 bits per heavy atom. The summed E-state index contributed by atoms with van der Waals surface area (Å²) in [5.41, 5.74) is 2.28. The number of hydrogen-bond acceptors (Lipinski definition) is 1. The average Bonchev–Trinajstić information content (AvgIpc) is 2.35. The molecule has 0 heterocycles. The van der Waals surface area contributed by atoms with Gasteiger partial charge in [0, 0.05) is 5.57 Å². The number of allylic oxidation sites excluding steroid dienone is 1. The molecule has 0 aromatic carbocycles. The lowest BCUT2D eigenvalue weighted by Crippen LogP contribution is -2.42. The molecule has 2 heteroatoms. The minimum Gasteiger partial charge on any atom is -0.478 e. The summed E-state index contributed by atoms with van der Waals surface area (Å²) < 4.78 is 0. The van der Waals surface area contributed by atoms with Crippen molar-refractivity contribution in [3.63, 3.8) is 0 Å². The Kier molecular flexibility index (Phi) is 4.08. The molecule has 0 radical (unpaired) electrons. The van der Waals surface area contributed by atoms with E-state index in [4.69, 9.17) is 0 Å². The quantitative estimate of drug-likeness (QED) is 0.737. The summed E-state index contributed by atoms with van der Waals surface area (Å²) in [5.74, 6) is 1.56. The molecule has 19 heavy (non-hydrogen) atoms. The second kappa shape index (κ2) is 5.30. The zero-order valence-corrected chi connectivity index (χ0v) is 12.8. The molecule has 1 N–H and O–H groups in total. The van der Waals surface area contributed by atoms with E-state index in [0.717, 1.165) is 24.7 Å². The molecule has 0 aliphatic heterocycles. The highest BCUT2D eigenvalue weighted by Gasteiger charge is 2.45. The highest BCUT2D eigenvalue weighted by molar-refractivity contribution is 5.87. The van der Waals surface area contributed by atoms with Gasteiger partial charge in [-0.05, 0) is 61.7 Å². The highest BCUT2D eigenvalue weighted by Crippen LogP contribution is 2.54. The molecule has 2 nitrogen and oxygen atoms in total. The lowest BCUT2D eigenvalue weighted by atomic mass is 9.54. The van der Waals surface area contributed by atoms with Crippen LogP contribution in [0.2, 0.25) is 0 Å². The Labute approximate surface area is 117 Å². The van der Waals surface area contributed by atoms with Gasteiger partial charge in [-0.2, -0.15) is 0 Å². The van der Waals surface area contributed by atoms with E-state index in [1.807, 2.05) is 6.92 Å². The maximum Gasteiger partial charge on any atom is 0.331 e. The van der Waals surface area contributed by atoms with E-state index in [2.05, 4.69) is 20.8 Å². The first-order valence-electron chi connectivity index (χ1n) is 7.82. The summed E-state index contributed by atoms with van der Waals surface area (Å²) in [6, 6.07) is 0. The number of carboxylic acids is 1. The maximum absolute atomic E-state index is 11.4. The molecular weight excluding hydrogens is 236 g/mol. The van der Waals surface area contributed by atoms with Crippen molar-refractivity contribution >= 4 is 5.97 Å². The van der Waals surface area contributed by atoms with Crippen molar-refractivity contribution in [2.24, 2.45) is 23.2 Å². The Morgan fingerprint density at radius 2 is 2.00 bits per heavy atom. The minimum absolute atomic E-state index is 0.353. The van der Waals surface area contributed by atoms with Gasteiger partial charge < -0.3 is 5.11 Å². The number of fused-ring (bicyclic) bond motifs is 1. The predicted molar refractivity (Wildman–Crippen MR) is 78.0 cm³/mol. The smallest absolute Gasteiger partial charge is 0.331 e. The van der Waals surface area contributed by atoms with Crippen molar-refractivity contribution in [1.82, 2.24) is 0 Å². The van der Waals surface area contributed by atoms with Gasteiger partial charge in [0.15, 0.2) is 0 Å². The molecule has 0 amide bonds. The van der Waals surface area contributed by atoms with Gasteiger partial charge in [0.1, 0.15) is 0 Å². The van der Waals surface area contributed by atoms with Crippen molar-refractivity contribution in [1.29, 1.82) is 0 Å². The van der Waals surface area contributed by atoms with Crippen molar-refractivity contribution in [2.45, 2.75) is 66.2 Å². The van der Waals surface area contributed by atoms with Gasteiger partial charge >= 0.3 is 5.97 Å². The van der Waals surface area contributed by atoms with Crippen LogP contribution in [-0.2, 0) is 4.79 Å². The first-order valence-corrected chi connectivity index (χ1v) is 7.82. The molecule has 0 aromatic heterocycles. The van der Waals surface area contributed by atoms with Crippen LogP contribution >= 0.6 is 0 Å². The molecule has 2 aliphatic rings. The molecule has 2 saturated carbocycles. The summed E-state index contributed by atoms with van der Waals surface area (Å²) >= 11 is 0. The van der Waals surface area contributed by atoms with Crippen LogP contribution in [0.3, 0.4) is 0 Å². The Balaban J connectivity index is 2.27. The van der Waals surface area contributed by atoms with Crippen LogP contribution in [0.4, 0.5) is 0 Å². The number of rotatable bonds is 2. The van der Waals surface area contributed by atoms with Crippen LogP contribution < -0.4 is 0 Å². The third-order valence-corrected chi connectivity index (χ3v) is 6.09. The van der Waals surface area contributed by atoms with Gasteiger partial charge in [0.05, 0.1) is 0 Å². The minimum atomic E-state index is -0.697. The summed E-state index contributed by atoms with van der Waals surface area (Å²) in [7, 11) is 0. The largest absolute Gasteiger partial charge is 0.478 e. The van der Waals surface area contributed by atoms with E-state index < -0.39 is 5.97 Å². The van der Waals surface area contributed by atoms with E-state index in [1.54, 1.807) is 0 Å². The first kappa shape index (κ1) is 14.6. The fourth-order valence-corrected chi connectivity index (χ4v) is 4.34. The molecule has 3 unspecified atom stereocenters. The van der Waals surface area contributed by atoms with Crippen LogP contribution in [0.1, 0.15) is 66.2 Å². The van der Waals surface area contributed by atoms with E-state index in [1.165, 1.54) is 24.8 Å². The molecule has 2 rings (SSSR count).